The van der Waals surface area contributed by atoms with Gasteiger partial charge in [0.1, 0.15) is 29.8 Å². The Hall–Kier alpha value is -3.66. The molecule has 0 aliphatic heterocycles. The molecule has 0 fully saturated rings. The Morgan fingerprint density at radius 2 is 2.00 bits per heavy atom. The zero-order valence-corrected chi connectivity index (χ0v) is 16.9. The maximum absolute atomic E-state index is 14.5. The molecule has 10 heteroatoms. The van der Waals surface area contributed by atoms with Gasteiger partial charge in [0.05, 0.1) is 22.2 Å². The number of thiazole rings is 1. The molecule has 0 aliphatic carbocycles. The lowest BCUT2D eigenvalue weighted by atomic mass is 10.2. The van der Waals surface area contributed by atoms with Crippen molar-refractivity contribution >= 4 is 44.4 Å². The number of hydrogen-bond donors (Lipinski definition) is 0. The van der Waals surface area contributed by atoms with Crippen molar-refractivity contribution in [2.24, 2.45) is 4.99 Å². The molecule has 4 aromatic rings. The van der Waals surface area contributed by atoms with Crippen LogP contribution in [0.4, 0.5) is 8.78 Å². The SMILES string of the molecule is CCOC(=O)Cn1c(=NC(=O)c2coc3ccccc3c2=O)sc2cc(F)cc(F)c21. The highest BCUT2D eigenvalue weighted by atomic mass is 32.1. The number of amides is 1. The Balaban J connectivity index is 1.89. The summed E-state index contributed by atoms with van der Waals surface area (Å²) in [4.78, 5) is 41.2. The normalized spacial score (nSPS) is 11.9. The van der Waals surface area contributed by atoms with E-state index in [4.69, 9.17) is 9.15 Å². The van der Waals surface area contributed by atoms with Crippen molar-refractivity contribution in [3.05, 3.63) is 74.9 Å². The highest BCUT2D eigenvalue weighted by Gasteiger charge is 2.19. The van der Waals surface area contributed by atoms with E-state index >= 15 is 0 Å². The number of carbonyl (C=O) groups is 2. The summed E-state index contributed by atoms with van der Waals surface area (Å²) in [6.45, 7) is 1.26. The topological polar surface area (TPSA) is 90.9 Å². The summed E-state index contributed by atoms with van der Waals surface area (Å²) in [5.41, 5.74) is -0.700. The van der Waals surface area contributed by atoms with Crippen LogP contribution in [-0.4, -0.2) is 23.1 Å². The first-order chi connectivity index (χ1) is 14.9. The van der Waals surface area contributed by atoms with Gasteiger partial charge in [-0.2, -0.15) is 4.99 Å². The number of ether oxygens (including phenoxy) is 1. The van der Waals surface area contributed by atoms with Gasteiger partial charge in [0.25, 0.3) is 5.91 Å². The van der Waals surface area contributed by atoms with Gasteiger partial charge in [-0.15, -0.1) is 0 Å². The molecule has 31 heavy (non-hydrogen) atoms. The van der Waals surface area contributed by atoms with Crippen molar-refractivity contribution in [2.75, 3.05) is 6.61 Å². The number of carbonyl (C=O) groups excluding carboxylic acids is 2. The molecule has 0 radical (unpaired) electrons. The molecule has 0 bridgehead atoms. The number of rotatable bonds is 4. The first-order valence-electron chi connectivity index (χ1n) is 9.12. The van der Waals surface area contributed by atoms with Crippen molar-refractivity contribution in [2.45, 2.75) is 13.5 Å². The molecule has 2 aromatic heterocycles. The third kappa shape index (κ3) is 3.89. The first-order valence-corrected chi connectivity index (χ1v) is 9.94. The second-order valence-corrected chi connectivity index (χ2v) is 7.41. The zero-order valence-electron chi connectivity index (χ0n) is 16.1. The van der Waals surface area contributed by atoms with Gasteiger partial charge in [0, 0.05) is 6.07 Å². The standard InChI is InChI=1S/C21H14F2N2O5S/c1-2-29-17(26)9-25-18-14(23)7-11(22)8-16(18)31-21(25)24-20(28)13-10-30-15-6-4-3-5-12(15)19(13)27/h3-8,10H,2,9H2,1H3. The minimum Gasteiger partial charge on any atom is -0.465 e. The number of esters is 1. The second kappa shape index (κ2) is 8.23. The molecule has 0 saturated heterocycles. The maximum atomic E-state index is 14.5. The largest absolute Gasteiger partial charge is 0.465 e. The van der Waals surface area contributed by atoms with E-state index in [9.17, 15) is 23.2 Å². The molecule has 2 aromatic carbocycles. The van der Waals surface area contributed by atoms with Crippen LogP contribution in [0.1, 0.15) is 17.3 Å². The van der Waals surface area contributed by atoms with Gasteiger partial charge in [-0.05, 0) is 25.1 Å². The van der Waals surface area contributed by atoms with Crippen LogP contribution in [0.25, 0.3) is 21.2 Å². The fraction of sp³-hybridized carbons (Fsp3) is 0.143. The molecule has 0 saturated carbocycles. The molecule has 7 nitrogen and oxygen atoms in total. The third-order valence-electron chi connectivity index (χ3n) is 4.40. The molecular formula is C21H14F2N2O5S. The molecule has 0 aliphatic rings. The Labute approximate surface area is 176 Å². The lowest BCUT2D eigenvalue weighted by molar-refractivity contribution is -0.143. The Morgan fingerprint density at radius 3 is 2.77 bits per heavy atom. The lowest BCUT2D eigenvalue weighted by Crippen LogP contribution is -2.24. The average molecular weight is 444 g/mol. The molecule has 0 N–H and O–H groups in total. The van der Waals surface area contributed by atoms with Crippen LogP contribution in [0.3, 0.4) is 0 Å². The lowest BCUT2D eigenvalue weighted by Gasteiger charge is -2.06. The molecule has 0 spiro atoms. The van der Waals surface area contributed by atoms with Gasteiger partial charge in [-0.25, -0.2) is 8.78 Å². The average Bonchev–Trinajstić information content (AvgIpc) is 3.05. The van der Waals surface area contributed by atoms with E-state index in [2.05, 4.69) is 4.99 Å². The summed E-state index contributed by atoms with van der Waals surface area (Å²) >= 11 is 0.800. The Kier molecular flexibility index (Phi) is 5.47. The summed E-state index contributed by atoms with van der Waals surface area (Å²) < 4.78 is 39.6. The van der Waals surface area contributed by atoms with Crippen LogP contribution in [-0.2, 0) is 16.1 Å². The van der Waals surface area contributed by atoms with E-state index < -0.39 is 35.5 Å². The third-order valence-corrected chi connectivity index (χ3v) is 5.42. The van der Waals surface area contributed by atoms with Crippen molar-refractivity contribution in [3.63, 3.8) is 0 Å². The van der Waals surface area contributed by atoms with E-state index in [1.807, 2.05) is 0 Å². The monoisotopic (exact) mass is 444 g/mol. The van der Waals surface area contributed by atoms with Crippen LogP contribution >= 0.6 is 11.3 Å². The van der Waals surface area contributed by atoms with Crippen LogP contribution in [0.2, 0.25) is 0 Å². The summed E-state index contributed by atoms with van der Waals surface area (Å²) in [7, 11) is 0. The van der Waals surface area contributed by atoms with Crippen LogP contribution < -0.4 is 10.2 Å². The predicted molar refractivity (Wildman–Crippen MR) is 109 cm³/mol. The molecule has 158 valence electrons. The fourth-order valence-corrected chi connectivity index (χ4v) is 4.14. The number of nitrogens with zero attached hydrogens (tertiary/aromatic N) is 2. The van der Waals surface area contributed by atoms with Gasteiger partial charge >= 0.3 is 5.97 Å². The zero-order chi connectivity index (χ0) is 22.1. The van der Waals surface area contributed by atoms with Gasteiger partial charge in [-0.3, -0.25) is 14.4 Å². The van der Waals surface area contributed by atoms with Crippen LogP contribution in [0.5, 0.6) is 0 Å². The van der Waals surface area contributed by atoms with E-state index in [1.54, 1.807) is 25.1 Å². The highest BCUT2D eigenvalue weighted by Crippen LogP contribution is 2.22. The molecule has 2 heterocycles. The van der Waals surface area contributed by atoms with Gasteiger partial charge in [0.15, 0.2) is 10.6 Å². The fourth-order valence-electron chi connectivity index (χ4n) is 3.07. The van der Waals surface area contributed by atoms with Crippen molar-refractivity contribution in [1.29, 1.82) is 0 Å². The van der Waals surface area contributed by atoms with Crippen LogP contribution in [0.15, 0.2) is 56.9 Å². The molecule has 0 unspecified atom stereocenters. The smallest absolute Gasteiger partial charge is 0.326 e. The number of aromatic nitrogens is 1. The summed E-state index contributed by atoms with van der Waals surface area (Å²) in [6.07, 6.45) is 1.000. The number of fused-ring (bicyclic) bond motifs is 2. The van der Waals surface area contributed by atoms with E-state index in [1.165, 1.54) is 6.07 Å². The summed E-state index contributed by atoms with van der Waals surface area (Å²) in [5, 5.41) is 0.201. The van der Waals surface area contributed by atoms with E-state index in [0.29, 0.717) is 11.6 Å². The summed E-state index contributed by atoms with van der Waals surface area (Å²) in [5.74, 6) is -3.37. The minimum absolute atomic E-state index is 0.0925. The minimum atomic E-state index is -0.940. The number of halogens is 2. The first kappa shape index (κ1) is 20.6. The molecular weight excluding hydrogens is 430 g/mol. The van der Waals surface area contributed by atoms with E-state index in [0.717, 1.165) is 28.2 Å². The van der Waals surface area contributed by atoms with Crippen molar-refractivity contribution in [3.8, 4) is 0 Å². The molecule has 4 rings (SSSR count). The Morgan fingerprint density at radius 1 is 1.23 bits per heavy atom. The molecule has 0 atom stereocenters. The maximum Gasteiger partial charge on any atom is 0.326 e. The van der Waals surface area contributed by atoms with Crippen molar-refractivity contribution in [1.82, 2.24) is 4.57 Å². The Bertz CT molecular complexity index is 1470. The number of para-hydroxylation sites is 1. The van der Waals surface area contributed by atoms with Gasteiger partial charge in [-0.1, -0.05) is 23.5 Å². The second-order valence-electron chi connectivity index (χ2n) is 6.40. The van der Waals surface area contributed by atoms with Crippen molar-refractivity contribution < 1.29 is 27.5 Å². The molecule has 1 amide bonds. The quantitative estimate of drug-likeness (QED) is 0.450. The van der Waals surface area contributed by atoms with Gasteiger partial charge in [0.2, 0.25) is 5.43 Å². The van der Waals surface area contributed by atoms with Crippen LogP contribution in [0, 0.1) is 11.6 Å². The van der Waals surface area contributed by atoms with E-state index in [-0.39, 0.29) is 32.6 Å². The predicted octanol–water partition coefficient (Wildman–Crippen LogP) is 3.39. The highest BCUT2D eigenvalue weighted by molar-refractivity contribution is 7.16. The number of benzene rings is 2. The number of hydrogen-bond acceptors (Lipinski definition) is 6. The summed E-state index contributed by atoms with van der Waals surface area (Å²) in [6, 6.07) is 8.13. The van der Waals surface area contributed by atoms with Gasteiger partial charge < -0.3 is 13.7 Å².